The van der Waals surface area contributed by atoms with Crippen LogP contribution >= 0.6 is 0 Å². The summed E-state index contributed by atoms with van der Waals surface area (Å²) in [7, 11) is 1.60. The summed E-state index contributed by atoms with van der Waals surface area (Å²) in [5.74, 6) is 1.45. The quantitative estimate of drug-likeness (QED) is 0.661. The fraction of sp³-hybridized carbons (Fsp3) is 0.348. The number of aryl methyl sites for hydroxylation is 1. The minimum atomic E-state index is -0.0340. The highest BCUT2D eigenvalue weighted by molar-refractivity contribution is 5.93. The Kier molecular flexibility index (Phi) is 6.18. The van der Waals surface area contributed by atoms with Crippen LogP contribution in [0.1, 0.15) is 11.4 Å². The van der Waals surface area contributed by atoms with Crippen molar-refractivity contribution in [3.63, 3.8) is 0 Å². The van der Waals surface area contributed by atoms with Crippen LogP contribution in [0.3, 0.4) is 0 Å². The predicted octanol–water partition coefficient (Wildman–Crippen LogP) is 2.65. The van der Waals surface area contributed by atoms with E-state index in [1.54, 1.807) is 13.3 Å². The summed E-state index contributed by atoms with van der Waals surface area (Å²) in [5.41, 5.74) is 3.93. The Morgan fingerprint density at radius 2 is 1.81 bits per heavy atom. The maximum atomic E-state index is 12.5. The number of benzene rings is 1. The molecule has 2 aromatic heterocycles. The molecule has 1 fully saturated rings. The van der Waals surface area contributed by atoms with Crippen LogP contribution in [0.15, 0.2) is 48.7 Å². The van der Waals surface area contributed by atoms with E-state index in [9.17, 15) is 4.79 Å². The third kappa shape index (κ3) is 4.54. The average molecular weight is 421 g/mol. The summed E-state index contributed by atoms with van der Waals surface area (Å²) < 4.78 is 7.21. The van der Waals surface area contributed by atoms with Gasteiger partial charge < -0.3 is 15.0 Å². The second-order valence-electron chi connectivity index (χ2n) is 7.63. The summed E-state index contributed by atoms with van der Waals surface area (Å²) in [6, 6.07) is 13.3. The van der Waals surface area contributed by atoms with E-state index in [0.717, 1.165) is 49.1 Å². The largest absolute Gasteiger partial charge is 0.495 e. The monoisotopic (exact) mass is 420 g/mol. The summed E-state index contributed by atoms with van der Waals surface area (Å²) in [5, 5.41) is 7.66. The van der Waals surface area contributed by atoms with E-state index < -0.39 is 0 Å². The molecule has 1 saturated heterocycles. The molecule has 8 nitrogen and oxygen atoms in total. The van der Waals surface area contributed by atoms with Crippen molar-refractivity contribution in [2.45, 2.75) is 13.8 Å². The highest BCUT2D eigenvalue weighted by Crippen LogP contribution is 2.27. The van der Waals surface area contributed by atoms with Gasteiger partial charge in [-0.3, -0.25) is 9.69 Å². The second kappa shape index (κ2) is 9.18. The lowest BCUT2D eigenvalue weighted by atomic mass is 10.2. The number of pyridine rings is 1. The fourth-order valence-electron chi connectivity index (χ4n) is 4.06. The molecular formula is C23H28N6O2. The Balaban J connectivity index is 1.37. The molecule has 0 radical (unpaired) electrons. The highest BCUT2D eigenvalue weighted by Gasteiger charge is 2.24. The second-order valence-corrected chi connectivity index (χ2v) is 7.63. The van der Waals surface area contributed by atoms with Crippen molar-refractivity contribution >= 4 is 17.3 Å². The Morgan fingerprint density at radius 1 is 1.06 bits per heavy atom. The molecule has 3 aromatic rings. The number of hydrogen-bond donors (Lipinski definition) is 1. The third-order valence-corrected chi connectivity index (χ3v) is 5.56. The summed E-state index contributed by atoms with van der Waals surface area (Å²) in [4.78, 5) is 21.5. The number of anilines is 2. The zero-order valence-electron chi connectivity index (χ0n) is 18.2. The zero-order valence-corrected chi connectivity index (χ0v) is 18.2. The lowest BCUT2D eigenvalue weighted by molar-refractivity contribution is -0.117. The molecule has 4 rings (SSSR count). The average Bonchev–Trinajstić information content (AvgIpc) is 3.09. The van der Waals surface area contributed by atoms with E-state index in [0.29, 0.717) is 18.0 Å². The van der Waals surface area contributed by atoms with Gasteiger partial charge in [0.2, 0.25) is 5.91 Å². The number of nitrogens with zero attached hydrogens (tertiary/aromatic N) is 5. The highest BCUT2D eigenvalue weighted by atomic mass is 16.5. The van der Waals surface area contributed by atoms with Crippen LogP contribution in [0.5, 0.6) is 5.75 Å². The summed E-state index contributed by atoms with van der Waals surface area (Å²) >= 11 is 0. The van der Waals surface area contributed by atoms with Gasteiger partial charge in [0.05, 0.1) is 36.4 Å². The van der Waals surface area contributed by atoms with Crippen LogP contribution in [0.25, 0.3) is 5.82 Å². The normalized spacial score (nSPS) is 14.5. The van der Waals surface area contributed by atoms with E-state index in [1.807, 2.05) is 54.1 Å². The van der Waals surface area contributed by atoms with Crippen LogP contribution in [-0.2, 0) is 4.79 Å². The molecule has 8 heteroatoms. The molecule has 0 aliphatic carbocycles. The van der Waals surface area contributed by atoms with Gasteiger partial charge in [0, 0.05) is 32.4 Å². The molecule has 1 aliphatic heterocycles. The van der Waals surface area contributed by atoms with Gasteiger partial charge >= 0.3 is 0 Å². The Labute approximate surface area is 182 Å². The topological polar surface area (TPSA) is 75.5 Å². The number of carbonyl (C=O) groups excluding carboxylic acids is 1. The molecule has 0 bridgehead atoms. The van der Waals surface area contributed by atoms with Crippen LogP contribution in [0.4, 0.5) is 11.4 Å². The van der Waals surface area contributed by atoms with Crippen LogP contribution in [-0.4, -0.2) is 65.4 Å². The van der Waals surface area contributed by atoms with Gasteiger partial charge in [0.25, 0.3) is 0 Å². The van der Waals surface area contributed by atoms with Gasteiger partial charge in [0.15, 0.2) is 5.82 Å². The SMILES string of the molecule is COc1ccccc1NC(=O)CN1CCN(c2c(C)nn(-c3ccccn3)c2C)CC1. The van der Waals surface area contributed by atoms with Gasteiger partial charge in [-0.15, -0.1) is 0 Å². The molecule has 1 aromatic carbocycles. The van der Waals surface area contributed by atoms with E-state index in [2.05, 4.69) is 27.0 Å². The minimum Gasteiger partial charge on any atom is -0.495 e. The molecule has 0 saturated carbocycles. The van der Waals surface area contributed by atoms with Crippen molar-refractivity contribution in [1.82, 2.24) is 19.7 Å². The number of rotatable bonds is 6. The minimum absolute atomic E-state index is 0.0340. The first-order valence-corrected chi connectivity index (χ1v) is 10.4. The Bertz CT molecular complexity index is 1040. The number of nitrogens with one attached hydrogen (secondary N) is 1. The van der Waals surface area contributed by atoms with Gasteiger partial charge in [-0.05, 0) is 38.1 Å². The molecule has 0 atom stereocenters. The lowest BCUT2D eigenvalue weighted by Gasteiger charge is -2.35. The van der Waals surface area contributed by atoms with Crippen molar-refractivity contribution in [3.05, 3.63) is 60.0 Å². The van der Waals surface area contributed by atoms with E-state index in [4.69, 9.17) is 9.84 Å². The number of amides is 1. The van der Waals surface area contributed by atoms with Gasteiger partial charge in [0.1, 0.15) is 5.75 Å². The number of piperazine rings is 1. The zero-order chi connectivity index (χ0) is 21.8. The Morgan fingerprint density at radius 3 is 2.52 bits per heavy atom. The van der Waals surface area contributed by atoms with Crippen molar-refractivity contribution in [1.29, 1.82) is 0 Å². The Hall–Kier alpha value is -3.39. The molecule has 0 unspecified atom stereocenters. The third-order valence-electron chi connectivity index (χ3n) is 5.56. The molecule has 0 spiro atoms. The number of hydrogen-bond acceptors (Lipinski definition) is 6. The molecule has 31 heavy (non-hydrogen) atoms. The molecule has 1 N–H and O–H groups in total. The van der Waals surface area contributed by atoms with Crippen molar-refractivity contribution < 1.29 is 9.53 Å². The summed E-state index contributed by atoms with van der Waals surface area (Å²) in [6.07, 6.45) is 1.78. The smallest absolute Gasteiger partial charge is 0.238 e. The van der Waals surface area contributed by atoms with Gasteiger partial charge in [-0.25, -0.2) is 9.67 Å². The molecule has 1 amide bonds. The van der Waals surface area contributed by atoms with Crippen molar-refractivity contribution in [2.24, 2.45) is 0 Å². The molecule has 1 aliphatic rings. The fourth-order valence-corrected chi connectivity index (χ4v) is 4.06. The van der Waals surface area contributed by atoms with E-state index in [1.165, 1.54) is 0 Å². The van der Waals surface area contributed by atoms with Crippen molar-refractivity contribution in [3.8, 4) is 11.6 Å². The van der Waals surface area contributed by atoms with Crippen LogP contribution < -0.4 is 15.0 Å². The van der Waals surface area contributed by atoms with Crippen molar-refractivity contribution in [2.75, 3.05) is 50.1 Å². The van der Waals surface area contributed by atoms with Crippen LogP contribution in [0.2, 0.25) is 0 Å². The lowest BCUT2D eigenvalue weighted by Crippen LogP contribution is -2.49. The first kappa shape index (κ1) is 20.9. The predicted molar refractivity (Wildman–Crippen MR) is 121 cm³/mol. The van der Waals surface area contributed by atoms with E-state index in [-0.39, 0.29) is 5.91 Å². The standard InChI is InChI=1S/C23H28N6O2/c1-17-23(18(2)29(26-17)21-10-6-7-11-24-21)28-14-12-27(13-15-28)16-22(30)25-19-8-4-5-9-20(19)31-3/h4-11H,12-16H2,1-3H3,(H,25,30). The first-order chi connectivity index (χ1) is 15.1. The van der Waals surface area contributed by atoms with E-state index >= 15 is 0 Å². The van der Waals surface area contributed by atoms with Gasteiger partial charge in [-0.1, -0.05) is 18.2 Å². The first-order valence-electron chi connectivity index (χ1n) is 10.4. The molecular weight excluding hydrogens is 392 g/mol. The number of ether oxygens (including phenoxy) is 1. The maximum Gasteiger partial charge on any atom is 0.238 e. The number of aromatic nitrogens is 3. The van der Waals surface area contributed by atoms with Gasteiger partial charge in [-0.2, -0.15) is 5.10 Å². The molecule has 162 valence electrons. The maximum absolute atomic E-state index is 12.5. The number of methoxy groups -OCH3 is 1. The summed E-state index contributed by atoms with van der Waals surface area (Å²) in [6.45, 7) is 7.79. The van der Waals surface area contributed by atoms with Crippen LogP contribution in [0, 0.1) is 13.8 Å². The molecule has 3 heterocycles. The number of para-hydroxylation sites is 2. The number of carbonyl (C=O) groups is 1.